The highest BCUT2D eigenvalue weighted by atomic mass is 16.3. The Kier molecular flexibility index (Phi) is 6.40. The van der Waals surface area contributed by atoms with Crippen LogP contribution in [0, 0.1) is 0 Å². The Hall–Kier alpha value is -7.22. The number of furan rings is 1. The molecule has 0 aliphatic carbocycles. The van der Waals surface area contributed by atoms with E-state index in [0.29, 0.717) is 0 Å². The molecule has 55 heavy (non-hydrogen) atoms. The quantitative estimate of drug-likeness (QED) is 0.168. The van der Waals surface area contributed by atoms with Crippen molar-refractivity contribution in [1.29, 1.82) is 0 Å². The minimum absolute atomic E-state index is 0.922. The van der Waals surface area contributed by atoms with Gasteiger partial charge in [0.25, 0.3) is 0 Å². The molecule has 0 spiro atoms. The summed E-state index contributed by atoms with van der Waals surface area (Å²) in [5.41, 5.74) is 9.32. The summed E-state index contributed by atoms with van der Waals surface area (Å²) in [4.78, 5) is 0. The van der Waals surface area contributed by atoms with Crippen LogP contribution >= 0.6 is 0 Å². The Balaban J connectivity index is 0.975. The van der Waals surface area contributed by atoms with E-state index in [1.54, 1.807) is 0 Å². The molecule has 0 amide bonds. The van der Waals surface area contributed by atoms with E-state index in [1.807, 2.05) is 0 Å². The van der Waals surface area contributed by atoms with Gasteiger partial charge in [-0.15, -0.1) is 0 Å². The van der Waals surface area contributed by atoms with Crippen molar-refractivity contribution in [2.24, 2.45) is 0 Å². The van der Waals surface area contributed by atoms with Crippen LogP contribution < -0.4 is 0 Å². The molecule has 12 aromatic rings. The van der Waals surface area contributed by atoms with Gasteiger partial charge in [0.2, 0.25) is 0 Å². The SMILES string of the molecule is c1ccc2cc3c(cc2c1)oc1cc2cc(-c4ccc5cc(-c6c7ccccc7c(-c7cccc8ccccc78)c7ccccc67)ccc5c4)ccc2cc13. The van der Waals surface area contributed by atoms with E-state index in [1.165, 1.54) is 98.0 Å². The Morgan fingerprint density at radius 3 is 1.29 bits per heavy atom. The highest BCUT2D eigenvalue weighted by Crippen LogP contribution is 2.46. The summed E-state index contributed by atoms with van der Waals surface area (Å²) in [5.74, 6) is 0. The second-order valence-electron chi connectivity index (χ2n) is 14.9. The molecule has 0 fully saturated rings. The fourth-order valence-corrected chi connectivity index (χ4v) is 9.14. The average molecular weight is 697 g/mol. The minimum atomic E-state index is 0.922. The van der Waals surface area contributed by atoms with Crippen molar-refractivity contribution >= 4 is 86.6 Å². The van der Waals surface area contributed by atoms with Gasteiger partial charge in [-0.3, -0.25) is 0 Å². The molecule has 0 radical (unpaired) electrons. The van der Waals surface area contributed by atoms with Gasteiger partial charge in [-0.2, -0.15) is 0 Å². The zero-order chi connectivity index (χ0) is 36.0. The summed E-state index contributed by atoms with van der Waals surface area (Å²) in [7, 11) is 0. The second kappa shape index (κ2) is 11.6. The Morgan fingerprint density at radius 2 is 0.655 bits per heavy atom. The van der Waals surface area contributed by atoms with E-state index in [2.05, 4.69) is 194 Å². The van der Waals surface area contributed by atoms with Crippen LogP contribution in [0.3, 0.4) is 0 Å². The lowest BCUT2D eigenvalue weighted by atomic mass is 9.84. The third-order valence-electron chi connectivity index (χ3n) is 11.7. The number of rotatable bonds is 3. The molecule has 1 nitrogen and oxygen atoms in total. The maximum atomic E-state index is 6.42. The Labute approximate surface area is 317 Å². The fourth-order valence-electron chi connectivity index (χ4n) is 9.14. The molecule has 1 aromatic heterocycles. The number of hydrogen-bond acceptors (Lipinski definition) is 1. The van der Waals surface area contributed by atoms with Crippen LogP contribution in [0.2, 0.25) is 0 Å². The molecule has 1 heteroatoms. The van der Waals surface area contributed by atoms with E-state index in [4.69, 9.17) is 4.42 Å². The first-order chi connectivity index (χ1) is 27.2. The molecule has 0 saturated carbocycles. The number of hydrogen-bond donors (Lipinski definition) is 0. The molecule has 0 bridgehead atoms. The summed E-state index contributed by atoms with van der Waals surface area (Å²) in [6.07, 6.45) is 0. The molecule has 1 heterocycles. The smallest absolute Gasteiger partial charge is 0.136 e. The van der Waals surface area contributed by atoms with E-state index < -0.39 is 0 Å². The van der Waals surface area contributed by atoms with Gasteiger partial charge in [-0.1, -0.05) is 152 Å². The molecular weight excluding hydrogens is 665 g/mol. The molecule has 0 atom stereocenters. The van der Waals surface area contributed by atoms with Gasteiger partial charge < -0.3 is 4.42 Å². The maximum absolute atomic E-state index is 6.42. The second-order valence-corrected chi connectivity index (χ2v) is 14.9. The summed E-state index contributed by atoms with van der Waals surface area (Å²) in [6.45, 7) is 0. The Morgan fingerprint density at radius 1 is 0.236 bits per heavy atom. The van der Waals surface area contributed by atoms with E-state index in [-0.39, 0.29) is 0 Å². The van der Waals surface area contributed by atoms with Gasteiger partial charge >= 0.3 is 0 Å². The van der Waals surface area contributed by atoms with Gasteiger partial charge in [0.1, 0.15) is 11.2 Å². The molecular formula is C54H32O. The molecule has 254 valence electrons. The third-order valence-corrected chi connectivity index (χ3v) is 11.7. The highest BCUT2D eigenvalue weighted by Gasteiger charge is 2.18. The van der Waals surface area contributed by atoms with Crippen molar-refractivity contribution < 1.29 is 4.42 Å². The Bertz CT molecular complexity index is 3490. The van der Waals surface area contributed by atoms with Crippen LogP contribution in [0.25, 0.3) is 120 Å². The highest BCUT2D eigenvalue weighted by molar-refractivity contribution is 6.24. The molecule has 11 aromatic carbocycles. The number of benzene rings is 11. The molecule has 12 rings (SSSR count). The summed E-state index contributed by atoms with van der Waals surface area (Å²) < 4.78 is 6.42. The minimum Gasteiger partial charge on any atom is -0.456 e. The standard InChI is InChI=1S/C54H32O/c1-2-12-35-31-51-49(29-34(35)11-1)50-30-40-23-22-39(28-42(40)32-52(50)55-51)36-20-21-38-27-41(25-24-37(38)26-36)53-45-15-5-7-17-47(45)54(48-18-8-6-16-46(48)53)44-19-9-13-33-10-3-4-14-43(33)44/h1-32H. The van der Waals surface area contributed by atoms with E-state index in [9.17, 15) is 0 Å². The van der Waals surface area contributed by atoms with Crippen molar-refractivity contribution in [2.45, 2.75) is 0 Å². The third kappa shape index (κ3) is 4.67. The van der Waals surface area contributed by atoms with Gasteiger partial charge in [0.15, 0.2) is 0 Å². The van der Waals surface area contributed by atoms with Gasteiger partial charge in [0, 0.05) is 10.8 Å². The average Bonchev–Trinajstić information content (AvgIpc) is 3.58. The van der Waals surface area contributed by atoms with Crippen LogP contribution in [0.1, 0.15) is 0 Å². The van der Waals surface area contributed by atoms with Crippen molar-refractivity contribution in [2.75, 3.05) is 0 Å². The predicted molar refractivity (Wildman–Crippen MR) is 235 cm³/mol. The molecule has 0 unspecified atom stereocenters. The zero-order valence-corrected chi connectivity index (χ0v) is 29.9. The first-order valence-electron chi connectivity index (χ1n) is 19.0. The first kappa shape index (κ1) is 30.3. The molecule has 0 saturated heterocycles. The monoisotopic (exact) mass is 696 g/mol. The zero-order valence-electron chi connectivity index (χ0n) is 29.9. The molecule has 0 N–H and O–H groups in total. The first-order valence-corrected chi connectivity index (χ1v) is 19.0. The van der Waals surface area contributed by atoms with Crippen LogP contribution in [0.4, 0.5) is 0 Å². The van der Waals surface area contributed by atoms with Crippen LogP contribution in [-0.2, 0) is 0 Å². The lowest BCUT2D eigenvalue weighted by Crippen LogP contribution is -1.91. The molecule has 0 aliphatic rings. The predicted octanol–water partition coefficient (Wildman–Crippen LogP) is 15.5. The van der Waals surface area contributed by atoms with Gasteiger partial charge in [-0.25, -0.2) is 0 Å². The van der Waals surface area contributed by atoms with E-state index >= 15 is 0 Å². The number of fused-ring (bicyclic) bond motifs is 9. The van der Waals surface area contributed by atoms with Gasteiger partial charge in [0.05, 0.1) is 0 Å². The summed E-state index contributed by atoms with van der Waals surface area (Å²) >= 11 is 0. The summed E-state index contributed by atoms with van der Waals surface area (Å²) in [5, 5.41) is 17.2. The molecule has 0 aliphatic heterocycles. The van der Waals surface area contributed by atoms with Crippen LogP contribution in [0.15, 0.2) is 199 Å². The fraction of sp³-hybridized carbons (Fsp3) is 0. The van der Waals surface area contributed by atoms with E-state index in [0.717, 1.165) is 21.9 Å². The van der Waals surface area contributed by atoms with Crippen molar-refractivity contribution in [3.05, 3.63) is 194 Å². The van der Waals surface area contributed by atoms with Crippen LogP contribution in [-0.4, -0.2) is 0 Å². The van der Waals surface area contributed by atoms with Crippen LogP contribution in [0.5, 0.6) is 0 Å². The van der Waals surface area contributed by atoms with Gasteiger partial charge in [-0.05, 0) is 140 Å². The van der Waals surface area contributed by atoms with Crippen molar-refractivity contribution in [3.63, 3.8) is 0 Å². The lowest BCUT2D eigenvalue weighted by molar-refractivity contribution is 0.670. The largest absolute Gasteiger partial charge is 0.456 e. The maximum Gasteiger partial charge on any atom is 0.136 e. The van der Waals surface area contributed by atoms with Crippen molar-refractivity contribution in [3.8, 4) is 33.4 Å². The summed E-state index contributed by atoms with van der Waals surface area (Å²) in [6, 6.07) is 71.2. The van der Waals surface area contributed by atoms with Crippen molar-refractivity contribution in [1.82, 2.24) is 0 Å². The lowest BCUT2D eigenvalue weighted by Gasteiger charge is -2.19. The normalized spacial score (nSPS) is 12.0. The topological polar surface area (TPSA) is 13.1 Å².